The van der Waals surface area contributed by atoms with Gasteiger partial charge >= 0.3 is 0 Å². The summed E-state index contributed by atoms with van der Waals surface area (Å²) in [5.74, 6) is 2.48. The van der Waals surface area contributed by atoms with E-state index in [1.54, 1.807) is 0 Å². The second-order valence-electron chi connectivity index (χ2n) is 4.66. The fourth-order valence-electron chi connectivity index (χ4n) is 2.37. The summed E-state index contributed by atoms with van der Waals surface area (Å²) in [6.45, 7) is 3.99. The van der Waals surface area contributed by atoms with Crippen molar-refractivity contribution >= 4 is 29.1 Å². The first kappa shape index (κ1) is 14.0. The minimum Gasteiger partial charge on any atom is -0.369 e. The van der Waals surface area contributed by atoms with E-state index < -0.39 is 0 Å². The predicted molar refractivity (Wildman–Crippen MR) is 83.0 cm³/mol. The second kappa shape index (κ2) is 6.69. The third kappa shape index (κ3) is 3.14. The van der Waals surface area contributed by atoms with Gasteiger partial charge in [-0.25, -0.2) is 0 Å². The van der Waals surface area contributed by atoms with Crippen molar-refractivity contribution in [3.05, 3.63) is 28.8 Å². The van der Waals surface area contributed by atoms with Crippen LogP contribution < -0.4 is 10.2 Å². The monoisotopic (exact) mass is 284 g/mol. The van der Waals surface area contributed by atoms with Crippen molar-refractivity contribution in [2.75, 3.05) is 30.0 Å². The minimum absolute atomic E-state index is 0.621. The van der Waals surface area contributed by atoms with Crippen molar-refractivity contribution in [1.29, 1.82) is 0 Å². The number of nitrogens with one attached hydrogen (secondary N) is 1. The Hall–Kier alpha value is -0.380. The maximum absolute atomic E-state index is 6.41. The number of anilines is 1. The zero-order valence-corrected chi connectivity index (χ0v) is 12.7. The number of thioether (sulfide) groups is 1. The fraction of sp³-hybridized carbons (Fsp3) is 0.571. The molecule has 0 radical (unpaired) electrons. The van der Waals surface area contributed by atoms with Crippen LogP contribution in [0.15, 0.2) is 18.2 Å². The van der Waals surface area contributed by atoms with E-state index in [1.165, 1.54) is 29.2 Å². The minimum atomic E-state index is 0.621. The first-order valence-electron chi connectivity index (χ1n) is 6.52. The van der Waals surface area contributed by atoms with Crippen molar-refractivity contribution in [2.45, 2.75) is 25.9 Å². The van der Waals surface area contributed by atoms with Gasteiger partial charge in [-0.1, -0.05) is 30.7 Å². The van der Waals surface area contributed by atoms with Gasteiger partial charge in [0.25, 0.3) is 0 Å². The fourth-order valence-corrected chi connectivity index (χ4v) is 3.96. The van der Waals surface area contributed by atoms with Crippen LogP contribution >= 0.6 is 23.4 Å². The Kier molecular flexibility index (Phi) is 5.22. The molecular weight excluding hydrogens is 264 g/mol. The molecule has 100 valence electrons. The summed E-state index contributed by atoms with van der Waals surface area (Å²) in [5, 5.41) is 4.25. The Morgan fingerprint density at radius 2 is 2.33 bits per heavy atom. The third-order valence-electron chi connectivity index (χ3n) is 3.44. The van der Waals surface area contributed by atoms with Crippen LogP contribution in [0.5, 0.6) is 0 Å². The molecule has 1 heterocycles. The van der Waals surface area contributed by atoms with Crippen molar-refractivity contribution in [2.24, 2.45) is 0 Å². The Balaban J connectivity index is 2.23. The molecular formula is C14H21ClN2S. The number of para-hydroxylation sites is 1. The van der Waals surface area contributed by atoms with Crippen LogP contribution in [0.25, 0.3) is 0 Å². The quantitative estimate of drug-likeness (QED) is 0.892. The van der Waals surface area contributed by atoms with Gasteiger partial charge in [0, 0.05) is 25.4 Å². The van der Waals surface area contributed by atoms with E-state index in [0.29, 0.717) is 6.04 Å². The van der Waals surface area contributed by atoms with Gasteiger partial charge in [-0.05, 0) is 30.3 Å². The predicted octanol–water partition coefficient (Wildman–Crippen LogP) is 3.39. The summed E-state index contributed by atoms with van der Waals surface area (Å²) >= 11 is 8.44. The molecule has 1 N–H and O–H groups in total. The average molecular weight is 285 g/mol. The summed E-state index contributed by atoms with van der Waals surface area (Å²) in [5.41, 5.74) is 2.50. The lowest BCUT2D eigenvalue weighted by molar-refractivity contribution is 0.684. The van der Waals surface area contributed by atoms with Crippen LogP contribution in [0.4, 0.5) is 5.69 Å². The molecule has 2 nitrogen and oxygen atoms in total. The Morgan fingerprint density at radius 3 is 3.00 bits per heavy atom. The lowest BCUT2D eigenvalue weighted by Gasteiger charge is -2.29. The average Bonchev–Trinajstić information content (AvgIpc) is 2.89. The standard InChI is InChI=1S/C14H21ClN2S/c1-3-16-9-11-5-4-6-13(15)14(11)17(2)12-7-8-18-10-12/h4-6,12,16H,3,7-10H2,1-2H3. The molecule has 1 fully saturated rings. The zero-order valence-electron chi connectivity index (χ0n) is 11.1. The van der Waals surface area contributed by atoms with E-state index in [1.807, 2.05) is 23.9 Å². The topological polar surface area (TPSA) is 15.3 Å². The maximum Gasteiger partial charge on any atom is 0.0642 e. The second-order valence-corrected chi connectivity index (χ2v) is 6.21. The molecule has 2 rings (SSSR count). The number of rotatable bonds is 5. The van der Waals surface area contributed by atoms with Crippen LogP contribution in [-0.2, 0) is 6.54 Å². The molecule has 1 atom stereocenters. The Morgan fingerprint density at radius 1 is 1.50 bits per heavy atom. The van der Waals surface area contributed by atoms with E-state index in [-0.39, 0.29) is 0 Å². The van der Waals surface area contributed by atoms with Gasteiger partial charge in [-0.3, -0.25) is 0 Å². The summed E-state index contributed by atoms with van der Waals surface area (Å²) in [6.07, 6.45) is 1.26. The highest BCUT2D eigenvalue weighted by molar-refractivity contribution is 7.99. The molecule has 1 aliphatic rings. The Labute approximate surface area is 119 Å². The number of benzene rings is 1. The summed E-state index contributed by atoms with van der Waals surface area (Å²) in [4.78, 5) is 2.37. The zero-order chi connectivity index (χ0) is 13.0. The lowest BCUT2D eigenvalue weighted by Crippen LogP contribution is -2.32. The molecule has 18 heavy (non-hydrogen) atoms. The van der Waals surface area contributed by atoms with E-state index in [9.17, 15) is 0 Å². The highest BCUT2D eigenvalue weighted by Crippen LogP contribution is 2.33. The van der Waals surface area contributed by atoms with Crippen molar-refractivity contribution in [3.63, 3.8) is 0 Å². The van der Waals surface area contributed by atoms with Crippen LogP contribution in [0, 0.1) is 0 Å². The van der Waals surface area contributed by atoms with Gasteiger partial charge in [0.1, 0.15) is 0 Å². The SMILES string of the molecule is CCNCc1cccc(Cl)c1N(C)C1CCSC1. The highest BCUT2D eigenvalue weighted by Gasteiger charge is 2.23. The molecule has 1 unspecified atom stereocenters. The first-order chi connectivity index (χ1) is 8.74. The van der Waals surface area contributed by atoms with Crippen molar-refractivity contribution in [3.8, 4) is 0 Å². The molecule has 1 aromatic rings. The molecule has 0 aromatic heterocycles. The van der Waals surface area contributed by atoms with Gasteiger partial charge in [-0.15, -0.1) is 0 Å². The molecule has 1 saturated heterocycles. The van der Waals surface area contributed by atoms with Crippen LogP contribution in [-0.4, -0.2) is 31.1 Å². The van der Waals surface area contributed by atoms with Crippen molar-refractivity contribution in [1.82, 2.24) is 5.32 Å². The molecule has 0 aliphatic carbocycles. The highest BCUT2D eigenvalue weighted by atomic mass is 35.5. The maximum atomic E-state index is 6.41. The number of halogens is 1. The van der Waals surface area contributed by atoms with Crippen LogP contribution in [0.1, 0.15) is 18.9 Å². The largest absolute Gasteiger partial charge is 0.369 e. The molecule has 4 heteroatoms. The van der Waals surface area contributed by atoms with Gasteiger partial charge < -0.3 is 10.2 Å². The van der Waals surface area contributed by atoms with E-state index in [0.717, 1.165) is 18.1 Å². The number of nitrogens with zero attached hydrogens (tertiary/aromatic N) is 1. The molecule has 0 bridgehead atoms. The third-order valence-corrected chi connectivity index (χ3v) is 4.89. The van der Waals surface area contributed by atoms with Gasteiger partial charge in [-0.2, -0.15) is 11.8 Å². The van der Waals surface area contributed by atoms with E-state index in [4.69, 9.17) is 11.6 Å². The van der Waals surface area contributed by atoms with Gasteiger partial charge in [0.05, 0.1) is 10.7 Å². The smallest absolute Gasteiger partial charge is 0.0642 e. The van der Waals surface area contributed by atoms with Gasteiger partial charge in [0.2, 0.25) is 0 Å². The number of hydrogen-bond donors (Lipinski definition) is 1. The lowest BCUT2D eigenvalue weighted by atomic mass is 10.1. The van der Waals surface area contributed by atoms with Gasteiger partial charge in [0.15, 0.2) is 0 Å². The number of hydrogen-bond acceptors (Lipinski definition) is 3. The van der Waals surface area contributed by atoms with Crippen LogP contribution in [0.3, 0.4) is 0 Å². The van der Waals surface area contributed by atoms with Crippen LogP contribution in [0.2, 0.25) is 5.02 Å². The molecule has 0 amide bonds. The molecule has 0 saturated carbocycles. The van der Waals surface area contributed by atoms with E-state index in [2.05, 4.69) is 30.3 Å². The summed E-state index contributed by atoms with van der Waals surface area (Å²) < 4.78 is 0. The Bertz CT molecular complexity index is 391. The first-order valence-corrected chi connectivity index (χ1v) is 8.06. The van der Waals surface area contributed by atoms with E-state index >= 15 is 0 Å². The summed E-state index contributed by atoms with van der Waals surface area (Å²) in [7, 11) is 2.17. The molecule has 0 spiro atoms. The normalized spacial score (nSPS) is 19.2. The summed E-state index contributed by atoms with van der Waals surface area (Å²) in [6, 6.07) is 6.82. The molecule has 1 aromatic carbocycles. The molecule has 1 aliphatic heterocycles. The van der Waals surface area contributed by atoms with Crippen molar-refractivity contribution < 1.29 is 0 Å².